The fraction of sp³-hybridized carbons (Fsp3) is 0.500. The Balaban J connectivity index is 0.000000493. The van der Waals surface area contributed by atoms with Gasteiger partial charge in [0.2, 0.25) is 5.91 Å². The zero-order chi connectivity index (χ0) is 29.7. The van der Waals surface area contributed by atoms with E-state index in [0.717, 1.165) is 81.3 Å². The molecule has 13 heteroatoms. The molecular formula is C28H33ClF3N5O4. The normalized spacial score (nSPS) is 20.4. The SMILES string of the molecule is Cc1ccc(NC(=O)CCN2CC3CN(C(=O)c4cccnc4N4CCCC4)CC3C2)cc1Cl.O=C(O)C(F)(F)F. The van der Waals surface area contributed by atoms with Gasteiger partial charge in [0.1, 0.15) is 5.82 Å². The number of fused-ring (bicyclic) bond motifs is 1. The fourth-order valence-electron chi connectivity index (χ4n) is 5.51. The van der Waals surface area contributed by atoms with E-state index < -0.39 is 12.1 Å². The molecule has 0 aliphatic carbocycles. The first-order valence-corrected chi connectivity index (χ1v) is 13.9. The molecule has 2 N–H and O–H groups in total. The first-order valence-electron chi connectivity index (χ1n) is 13.5. The smallest absolute Gasteiger partial charge is 0.475 e. The van der Waals surface area contributed by atoms with E-state index in [1.54, 1.807) is 12.3 Å². The molecule has 1 aromatic heterocycles. The van der Waals surface area contributed by atoms with Gasteiger partial charge in [-0.3, -0.25) is 9.59 Å². The van der Waals surface area contributed by atoms with Crippen LogP contribution in [0.3, 0.4) is 0 Å². The number of carbonyl (C=O) groups excluding carboxylic acids is 2. The van der Waals surface area contributed by atoms with Crippen LogP contribution in [0, 0.1) is 18.8 Å². The lowest BCUT2D eigenvalue weighted by Gasteiger charge is -2.24. The first-order chi connectivity index (χ1) is 19.4. The number of alkyl halides is 3. The minimum absolute atomic E-state index is 0.000182. The summed E-state index contributed by atoms with van der Waals surface area (Å²) >= 11 is 6.15. The van der Waals surface area contributed by atoms with Gasteiger partial charge in [-0.25, -0.2) is 9.78 Å². The Bertz CT molecular complexity index is 1260. The molecule has 3 saturated heterocycles. The Hall–Kier alpha value is -3.38. The maximum atomic E-state index is 13.4. The Morgan fingerprint density at radius 1 is 1.07 bits per heavy atom. The fourth-order valence-corrected chi connectivity index (χ4v) is 5.69. The number of anilines is 2. The molecule has 3 aliphatic rings. The van der Waals surface area contributed by atoms with Crippen molar-refractivity contribution in [3.63, 3.8) is 0 Å². The average Bonchev–Trinajstić information content (AvgIpc) is 3.66. The van der Waals surface area contributed by atoms with Crippen molar-refractivity contribution in [1.29, 1.82) is 0 Å². The molecule has 222 valence electrons. The summed E-state index contributed by atoms with van der Waals surface area (Å²) < 4.78 is 31.7. The van der Waals surface area contributed by atoms with Crippen molar-refractivity contribution in [1.82, 2.24) is 14.8 Å². The monoisotopic (exact) mass is 595 g/mol. The van der Waals surface area contributed by atoms with Gasteiger partial charge in [-0.15, -0.1) is 0 Å². The molecule has 2 atom stereocenters. The second-order valence-electron chi connectivity index (χ2n) is 10.6. The van der Waals surface area contributed by atoms with E-state index in [-0.39, 0.29) is 11.8 Å². The third-order valence-corrected chi connectivity index (χ3v) is 8.03. The van der Waals surface area contributed by atoms with E-state index in [1.807, 2.05) is 36.1 Å². The molecule has 2 amide bonds. The van der Waals surface area contributed by atoms with Crippen LogP contribution in [-0.4, -0.2) is 89.7 Å². The maximum absolute atomic E-state index is 13.4. The summed E-state index contributed by atoms with van der Waals surface area (Å²) in [4.78, 5) is 45.8. The number of hydrogen-bond donors (Lipinski definition) is 2. The van der Waals surface area contributed by atoms with Crippen molar-refractivity contribution in [2.24, 2.45) is 11.8 Å². The van der Waals surface area contributed by atoms with E-state index >= 15 is 0 Å². The van der Waals surface area contributed by atoms with Crippen molar-refractivity contribution < 1.29 is 32.7 Å². The highest BCUT2D eigenvalue weighted by molar-refractivity contribution is 6.31. The van der Waals surface area contributed by atoms with Gasteiger partial charge in [0.05, 0.1) is 5.56 Å². The number of aliphatic carboxylic acids is 1. The predicted octanol–water partition coefficient (Wildman–Crippen LogP) is 4.31. The number of carboxylic acid groups (broad SMARTS) is 1. The number of pyridine rings is 1. The number of carbonyl (C=O) groups is 3. The predicted molar refractivity (Wildman–Crippen MR) is 148 cm³/mol. The quantitative estimate of drug-likeness (QED) is 0.513. The van der Waals surface area contributed by atoms with Crippen LogP contribution in [0.2, 0.25) is 5.02 Å². The van der Waals surface area contributed by atoms with E-state index in [0.29, 0.717) is 23.3 Å². The molecule has 9 nitrogen and oxygen atoms in total. The molecule has 3 fully saturated rings. The molecule has 0 radical (unpaired) electrons. The number of nitrogens with zero attached hydrogens (tertiary/aromatic N) is 4. The summed E-state index contributed by atoms with van der Waals surface area (Å²) in [6, 6.07) is 9.36. The minimum atomic E-state index is -5.08. The number of aryl methyl sites for hydroxylation is 1. The third-order valence-electron chi connectivity index (χ3n) is 7.62. The van der Waals surface area contributed by atoms with Gasteiger partial charge in [0, 0.05) is 69.1 Å². The third kappa shape index (κ3) is 7.88. The summed E-state index contributed by atoms with van der Waals surface area (Å²) in [6.07, 6.45) is -0.539. The van der Waals surface area contributed by atoms with Crippen LogP contribution >= 0.6 is 11.6 Å². The highest BCUT2D eigenvalue weighted by Gasteiger charge is 2.42. The lowest BCUT2D eigenvalue weighted by molar-refractivity contribution is -0.192. The zero-order valence-corrected chi connectivity index (χ0v) is 23.4. The molecule has 2 aromatic rings. The van der Waals surface area contributed by atoms with Crippen molar-refractivity contribution >= 4 is 40.9 Å². The van der Waals surface area contributed by atoms with E-state index in [2.05, 4.69) is 20.1 Å². The molecule has 5 rings (SSSR count). The lowest BCUT2D eigenvalue weighted by Crippen LogP contribution is -2.35. The Kier molecular flexibility index (Phi) is 9.75. The first kappa shape index (κ1) is 30.6. The van der Waals surface area contributed by atoms with Gasteiger partial charge < -0.3 is 25.1 Å². The summed E-state index contributed by atoms with van der Waals surface area (Å²) in [5.41, 5.74) is 2.46. The maximum Gasteiger partial charge on any atom is 0.490 e. The van der Waals surface area contributed by atoms with Crippen LogP contribution < -0.4 is 10.2 Å². The molecule has 4 heterocycles. The van der Waals surface area contributed by atoms with Crippen molar-refractivity contribution in [3.8, 4) is 0 Å². The van der Waals surface area contributed by atoms with Gasteiger partial charge in [-0.1, -0.05) is 17.7 Å². The molecule has 0 saturated carbocycles. The van der Waals surface area contributed by atoms with Crippen LogP contribution in [-0.2, 0) is 9.59 Å². The van der Waals surface area contributed by atoms with Gasteiger partial charge >= 0.3 is 12.1 Å². The number of rotatable bonds is 6. The largest absolute Gasteiger partial charge is 0.490 e. The molecule has 1 aromatic carbocycles. The molecule has 0 bridgehead atoms. The minimum Gasteiger partial charge on any atom is -0.475 e. The van der Waals surface area contributed by atoms with Crippen LogP contribution in [0.25, 0.3) is 0 Å². The van der Waals surface area contributed by atoms with Crippen LogP contribution in [0.15, 0.2) is 36.5 Å². The van der Waals surface area contributed by atoms with Crippen LogP contribution in [0.5, 0.6) is 0 Å². The molecule has 41 heavy (non-hydrogen) atoms. The number of nitrogens with one attached hydrogen (secondary N) is 1. The highest BCUT2D eigenvalue weighted by atomic mass is 35.5. The van der Waals surface area contributed by atoms with Crippen molar-refractivity contribution in [2.45, 2.75) is 32.4 Å². The number of amides is 2. The van der Waals surface area contributed by atoms with Gasteiger partial charge in [-0.2, -0.15) is 13.2 Å². The standard InChI is InChI=1S/C26H32ClN5O2.C2HF3O2/c1-18-6-7-21(13-23(18)27)29-24(33)8-12-30-14-19-16-32(17-20(19)15-30)26(34)22-5-4-9-28-25(22)31-10-2-3-11-31;3-2(4,5)1(6)7/h4-7,9,13,19-20H,2-3,8,10-12,14-17H2,1H3,(H,29,33);(H,6,7). The number of halogens is 4. The Morgan fingerprint density at radius 3 is 2.29 bits per heavy atom. The summed E-state index contributed by atoms with van der Waals surface area (Å²) in [5.74, 6) is -0.881. The molecule has 3 aliphatic heterocycles. The van der Waals surface area contributed by atoms with E-state index in [9.17, 15) is 22.8 Å². The topological polar surface area (TPSA) is 106 Å². The summed E-state index contributed by atoms with van der Waals surface area (Å²) in [7, 11) is 0. The summed E-state index contributed by atoms with van der Waals surface area (Å²) in [5, 5.41) is 10.7. The van der Waals surface area contributed by atoms with E-state index in [1.165, 1.54) is 0 Å². The number of carboxylic acids is 1. The van der Waals surface area contributed by atoms with Gasteiger partial charge in [-0.05, 0) is 61.4 Å². The molecular weight excluding hydrogens is 563 g/mol. The van der Waals surface area contributed by atoms with Gasteiger partial charge in [0.15, 0.2) is 0 Å². The second-order valence-corrected chi connectivity index (χ2v) is 11.0. The number of hydrogen-bond acceptors (Lipinski definition) is 6. The molecule has 2 unspecified atom stereocenters. The highest BCUT2D eigenvalue weighted by Crippen LogP contribution is 2.33. The second kappa shape index (κ2) is 13.1. The zero-order valence-electron chi connectivity index (χ0n) is 22.7. The Morgan fingerprint density at radius 2 is 1.71 bits per heavy atom. The average molecular weight is 596 g/mol. The number of benzene rings is 1. The summed E-state index contributed by atoms with van der Waals surface area (Å²) in [6.45, 7) is 8.05. The van der Waals surface area contributed by atoms with E-state index in [4.69, 9.17) is 21.5 Å². The van der Waals surface area contributed by atoms with Gasteiger partial charge in [0.25, 0.3) is 5.91 Å². The van der Waals surface area contributed by atoms with Crippen LogP contribution in [0.4, 0.5) is 24.7 Å². The van der Waals surface area contributed by atoms with Crippen LogP contribution in [0.1, 0.15) is 35.2 Å². The molecule has 0 spiro atoms. The van der Waals surface area contributed by atoms with Crippen molar-refractivity contribution in [2.75, 3.05) is 56.0 Å². The number of likely N-dealkylation sites (tertiary alicyclic amines) is 2. The lowest BCUT2D eigenvalue weighted by atomic mass is 10.0. The Labute approximate surface area is 241 Å². The number of aromatic nitrogens is 1. The van der Waals surface area contributed by atoms with Crippen molar-refractivity contribution in [3.05, 3.63) is 52.7 Å².